The first kappa shape index (κ1) is 14.9. The molecule has 0 bridgehead atoms. The quantitative estimate of drug-likeness (QED) is 0.613. The third-order valence-corrected chi connectivity index (χ3v) is 4.95. The second kappa shape index (κ2) is 8.64. The zero-order valence-corrected chi connectivity index (χ0v) is 13.0. The molecule has 1 aliphatic rings. The Morgan fingerprint density at radius 2 is 1.84 bits per heavy atom. The van der Waals surface area contributed by atoms with Crippen molar-refractivity contribution in [3.05, 3.63) is 10.0 Å². The molecule has 0 saturated heterocycles. The van der Waals surface area contributed by atoms with Gasteiger partial charge in [-0.3, -0.25) is 0 Å². The van der Waals surface area contributed by atoms with Gasteiger partial charge in [0, 0.05) is 12.8 Å². The summed E-state index contributed by atoms with van der Waals surface area (Å²) in [5.74, 6) is 0.866. The van der Waals surface area contributed by atoms with Crippen molar-refractivity contribution in [2.45, 2.75) is 64.7 Å². The maximum absolute atomic E-state index is 4.39. The van der Waals surface area contributed by atoms with Crippen LogP contribution in [0.5, 0.6) is 0 Å². The molecule has 0 amide bonds. The van der Waals surface area contributed by atoms with E-state index in [1.54, 1.807) is 0 Å². The minimum atomic E-state index is 0.866. The minimum absolute atomic E-state index is 0.866. The summed E-state index contributed by atoms with van der Waals surface area (Å²) in [5.41, 5.74) is 0. The van der Waals surface area contributed by atoms with Crippen molar-refractivity contribution in [3.8, 4) is 0 Å². The average molecular weight is 281 g/mol. The number of rotatable bonds is 7. The summed E-state index contributed by atoms with van der Waals surface area (Å²) < 4.78 is 0. The first-order chi connectivity index (χ1) is 9.38. The van der Waals surface area contributed by atoms with E-state index in [0.717, 1.165) is 25.4 Å². The highest BCUT2D eigenvalue weighted by Crippen LogP contribution is 2.27. The van der Waals surface area contributed by atoms with E-state index in [0.29, 0.717) is 0 Å². The van der Waals surface area contributed by atoms with Crippen LogP contribution in [0.3, 0.4) is 0 Å². The maximum Gasteiger partial charge on any atom is 0.117 e. The predicted octanol–water partition coefficient (Wildman–Crippen LogP) is 3.59. The lowest BCUT2D eigenvalue weighted by atomic mass is 9.97. The van der Waals surface area contributed by atoms with Gasteiger partial charge in [0.05, 0.1) is 0 Å². The van der Waals surface area contributed by atoms with Gasteiger partial charge in [-0.05, 0) is 25.4 Å². The number of aromatic nitrogens is 2. The molecule has 0 unspecified atom stereocenters. The van der Waals surface area contributed by atoms with Gasteiger partial charge in [-0.2, -0.15) is 0 Å². The summed E-state index contributed by atoms with van der Waals surface area (Å²) in [6.07, 6.45) is 11.9. The van der Waals surface area contributed by atoms with E-state index in [1.807, 2.05) is 11.3 Å². The normalized spacial score (nSPS) is 17.5. The summed E-state index contributed by atoms with van der Waals surface area (Å²) in [4.78, 5) is 0. The Labute approximate surface area is 121 Å². The van der Waals surface area contributed by atoms with Crippen LogP contribution in [0.1, 0.15) is 61.9 Å². The zero-order chi connectivity index (χ0) is 13.3. The highest BCUT2D eigenvalue weighted by Gasteiger charge is 2.15. The van der Waals surface area contributed by atoms with Crippen molar-refractivity contribution in [3.63, 3.8) is 0 Å². The molecule has 1 N–H and O–H groups in total. The third kappa shape index (κ3) is 5.57. The Morgan fingerprint density at radius 3 is 2.58 bits per heavy atom. The Kier molecular flexibility index (Phi) is 6.79. The van der Waals surface area contributed by atoms with Crippen LogP contribution in [0.25, 0.3) is 0 Å². The molecule has 2 rings (SSSR count). The van der Waals surface area contributed by atoms with Crippen molar-refractivity contribution in [2.75, 3.05) is 13.1 Å². The number of nitrogens with zero attached hydrogens (tertiary/aromatic N) is 2. The molecule has 0 aromatic carbocycles. The van der Waals surface area contributed by atoms with Crippen molar-refractivity contribution in [1.82, 2.24) is 15.5 Å². The highest BCUT2D eigenvalue weighted by molar-refractivity contribution is 7.11. The molecule has 1 aromatic heterocycles. The van der Waals surface area contributed by atoms with Gasteiger partial charge in [0.2, 0.25) is 0 Å². The SMILES string of the molecule is CCNCCCc1nnc(CC2CCCCCC2)s1. The molecule has 4 heteroatoms. The monoisotopic (exact) mass is 281 g/mol. The van der Waals surface area contributed by atoms with Gasteiger partial charge >= 0.3 is 0 Å². The highest BCUT2D eigenvalue weighted by atomic mass is 32.1. The van der Waals surface area contributed by atoms with E-state index >= 15 is 0 Å². The van der Waals surface area contributed by atoms with Crippen LogP contribution in [0.15, 0.2) is 0 Å². The summed E-state index contributed by atoms with van der Waals surface area (Å²) in [5, 5.41) is 14.6. The standard InChI is InChI=1S/C15H27N3S/c1-2-16-11-7-10-14-17-18-15(19-14)12-13-8-5-3-4-6-9-13/h13,16H,2-12H2,1H3. The van der Waals surface area contributed by atoms with Gasteiger partial charge in [0.15, 0.2) is 0 Å². The second-order valence-electron chi connectivity index (χ2n) is 5.61. The molecule has 0 aliphatic heterocycles. The summed E-state index contributed by atoms with van der Waals surface area (Å²) in [6, 6.07) is 0. The molecular weight excluding hydrogens is 254 g/mol. The lowest BCUT2D eigenvalue weighted by Crippen LogP contribution is -2.14. The summed E-state index contributed by atoms with van der Waals surface area (Å²) in [7, 11) is 0. The predicted molar refractivity (Wildman–Crippen MR) is 81.7 cm³/mol. The van der Waals surface area contributed by atoms with Gasteiger partial charge in [0.25, 0.3) is 0 Å². The van der Waals surface area contributed by atoms with Crippen molar-refractivity contribution in [2.24, 2.45) is 5.92 Å². The molecule has 1 aliphatic carbocycles. The van der Waals surface area contributed by atoms with Crippen molar-refractivity contribution < 1.29 is 0 Å². The zero-order valence-electron chi connectivity index (χ0n) is 12.2. The number of hydrogen-bond acceptors (Lipinski definition) is 4. The molecule has 1 saturated carbocycles. The van der Waals surface area contributed by atoms with E-state index in [1.165, 1.54) is 61.4 Å². The summed E-state index contributed by atoms with van der Waals surface area (Å²) in [6.45, 7) is 4.30. The topological polar surface area (TPSA) is 37.8 Å². The van der Waals surface area contributed by atoms with Crippen LogP contribution in [0.4, 0.5) is 0 Å². The van der Waals surface area contributed by atoms with E-state index in [4.69, 9.17) is 0 Å². The Morgan fingerprint density at radius 1 is 1.11 bits per heavy atom. The largest absolute Gasteiger partial charge is 0.317 e. The van der Waals surface area contributed by atoms with E-state index in [9.17, 15) is 0 Å². The molecule has 1 aromatic rings. The van der Waals surface area contributed by atoms with Crippen LogP contribution in [0, 0.1) is 5.92 Å². The van der Waals surface area contributed by atoms with Gasteiger partial charge in [-0.15, -0.1) is 21.5 Å². The van der Waals surface area contributed by atoms with Gasteiger partial charge in [0.1, 0.15) is 10.0 Å². The van der Waals surface area contributed by atoms with Gasteiger partial charge < -0.3 is 5.32 Å². The fraction of sp³-hybridized carbons (Fsp3) is 0.867. The molecule has 0 radical (unpaired) electrons. The smallest absolute Gasteiger partial charge is 0.117 e. The maximum atomic E-state index is 4.39. The van der Waals surface area contributed by atoms with E-state index in [-0.39, 0.29) is 0 Å². The Balaban J connectivity index is 1.73. The number of nitrogens with one attached hydrogen (secondary N) is 1. The first-order valence-electron chi connectivity index (χ1n) is 7.90. The molecule has 1 fully saturated rings. The molecule has 1 heterocycles. The number of hydrogen-bond donors (Lipinski definition) is 1. The van der Waals surface area contributed by atoms with Crippen molar-refractivity contribution >= 4 is 11.3 Å². The fourth-order valence-corrected chi connectivity index (χ4v) is 3.83. The second-order valence-corrected chi connectivity index (χ2v) is 6.75. The van der Waals surface area contributed by atoms with Crippen LogP contribution in [-0.4, -0.2) is 23.3 Å². The molecule has 3 nitrogen and oxygen atoms in total. The van der Waals surface area contributed by atoms with E-state index in [2.05, 4.69) is 22.4 Å². The molecule has 0 spiro atoms. The lowest BCUT2D eigenvalue weighted by Gasteiger charge is -2.10. The van der Waals surface area contributed by atoms with Crippen LogP contribution in [0.2, 0.25) is 0 Å². The number of aryl methyl sites for hydroxylation is 1. The van der Waals surface area contributed by atoms with Crippen molar-refractivity contribution in [1.29, 1.82) is 0 Å². The molecule has 19 heavy (non-hydrogen) atoms. The summed E-state index contributed by atoms with van der Waals surface area (Å²) >= 11 is 1.84. The van der Waals surface area contributed by atoms with Crippen LogP contribution < -0.4 is 5.32 Å². The van der Waals surface area contributed by atoms with Gasteiger partial charge in [-0.25, -0.2) is 0 Å². The average Bonchev–Trinajstić information content (AvgIpc) is 2.69. The van der Waals surface area contributed by atoms with Crippen LogP contribution >= 0.6 is 11.3 Å². The lowest BCUT2D eigenvalue weighted by molar-refractivity contribution is 0.456. The van der Waals surface area contributed by atoms with Crippen LogP contribution in [-0.2, 0) is 12.8 Å². The molecule has 108 valence electrons. The Hall–Kier alpha value is -0.480. The van der Waals surface area contributed by atoms with Gasteiger partial charge in [-0.1, -0.05) is 45.4 Å². The Bertz CT molecular complexity index is 343. The van der Waals surface area contributed by atoms with E-state index < -0.39 is 0 Å². The fourth-order valence-electron chi connectivity index (χ4n) is 2.83. The molecule has 0 atom stereocenters. The third-order valence-electron chi connectivity index (χ3n) is 3.94. The molecular formula is C15H27N3S. The first-order valence-corrected chi connectivity index (χ1v) is 8.72. The minimum Gasteiger partial charge on any atom is -0.317 e.